The molecule has 0 aliphatic carbocycles. The van der Waals surface area contributed by atoms with Crippen molar-refractivity contribution >= 4 is 28.6 Å². The average molecular weight is 300 g/mol. The number of nitrogen functional groups attached to an aromatic ring is 1. The number of fused-ring (bicyclic) bond motifs is 1. The quantitative estimate of drug-likeness (QED) is 0.512. The molecule has 3 aromatic rings. The van der Waals surface area contributed by atoms with Crippen LogP contribution in [0.2, 0.25) is 0 Å². The van der Waals surface area contributed by atoms with Crippen molar-refractivity contribution in [1.29, 1.82) is 5.41 Å². The normalized spacial score (nSPS) is 11.0. The summed E-state index contributed by atoms with van der Waals surface area (Å²) >= 11 is 1.26. The molecule has 1 heterocycles. The Balaban J connectivity index is 2.02. The molecular formula is C15H13FN4S. The van der Waals surface area contributed by atoms with Crippen LogP contribution < -0.4 is 5.73 Å². The Kier molecular flexibility index (Phi) is 3.39. The third kappa shape index (κ3) is 2.62. The number of halogens is 1. The molecule has 0 amide bonds. The number of amidine groups is 1. The number of H-pyrrole nitrogens is 1. The molecule has 0 unspecified atom stereocenters. The summed E-state index contributed by atoms with van der Waals surface area (Å²) in [6.45, 7) is 2.01. The van der Waals surface area contributed by atoms with Crippen LogP contribution in [0.4, 0.5) is 4.39 Å². The molecule has 0 radical (unpaired) electrons. The third-order valence-electron chi connectivity index (χ3n) is 3.07. The molecule has 0 fully saturated rings. The lowest BCUT2D eigenvalue weighted by atomic mass is 10.2. The largest absolute Gasteiger partial charge is 0.384 e. The second kappa shape index (κ2) is 5.21. The number of aryl methyl sites for hydroxylation is 1. The molecule has 4 nitrogen and oxygen atoms in total. The van der Waals surface area contributed by atoms with Gasteiger partial charge in [0.05, 0.1) is 16.6 Å². The Morgan fingerprint density at radius 2 is 2.14 bits per heavy atom. The highest BCUT2D eigenvalue weighted by Crippen LogP contribution is 2.31. The number of imidazole rings is 1. The Labute approximate surface area is 125 Å². The van der Waals surface area contributed by atoms with Gasteiger partial charge < -0.3 is 10.7 Å². The van der Waals surface area contributed by atoms with E-state index < -0.39 is 5.82 Å². The van der Waals surface area contributed by atoms with Gasteiger partial charge in [-0.2, -0.15) is 0 Å². The lowest BCUT2D eigenvalue weighted by Gasteiger charge is -2.06. The van der Waals surface area contributed by atoms with Gasteiger partial charge in [0.25, 0.3) is 0 Å². The monoisotopic (exact) mass is 300 g/mol. The smallest absolute Gasteiger partial charge is 0.171 e. The number of hydrogen-bond acceptors (Lipinski definition) is 3. The van der Waals surface area contributed by atoms with Crippen molar-refractivity contribution in [2.45, 2.75) is 17.0 Å². The molecule has 2 aromatic carbocycles. The Morgan fingerprint density at radius 1 is 1.33 bits per heavy atom. The molecule has 4 N–H and O–H groups in total. The molecule has 0 saturated carbocycles. The number of aromatic amines is 1. The molecular weight excluding hydrogens is 287 g/mol. The molecule has 3 rings (SSSR count). The third-order valence-corrected chi connectivity index (χ3v) is 4.01. The molecule has 0 spiro atoms. The predicted molar refractivity (Wildman–Crippen MR) is 82.4 cm³/mol. The predicted octanol–water partition coefficient (Wildman–Crippen LogP) is 3.45. The highest BCUT2D eigenvalue weighted by atomic mass is 32.2. The number of benzene rings is 2. The number of hydrogen-bond donors (Lipinski definition) is 3. The van der Waals surface area contributed by atoms with E-state index in [1.807, 2.05) is 25.1 Å². The van der Waals surface area contributed by atoms with E-state index in [-0.39, 0.29) is 11.4 Å². The number of nitrogens with two attached hydrogens (primary N) is 1. The maximum atomic E-state index is 13.8. The summed E-state index contributed by atoms with van der Waals surface area (Å²) in [6.07, 6.45) is 0. The van der Waals surface area contributed by atoms with E-state index in [0.717, 1.165) is 16.6 Å². The van der Waals surface area contributed by atoms with Gasteiger partial charge in [0, 0.05) is 4.90 Å². The van der Waals surface area contributed by atoms with Crippen molar-refractivity contribution < 1.29 is 4.39 Å². The second-order valence-electron chi connectivity index (χ2n) is 4.69. The molecule has 0 bridgehead atoms. The Bertz CT molecular complexity index is 841. The van der Waals surface area contributed by atoms with Crippen LogP contribution in [-0.4, -0.2) is 15.8 Å². The first-order valence-corrected chi connectivity index (χ1v) is 7.13. The van der Waals surface area contributed by atoms with Gasteiger partial charge in [-0.25, -0.2) is 9.37 Å². The summed E-state index contributed by atoms with van der Waals surface area (Å²) in [7, 11) is 0. The van der Waals surface area contributed by atoms with Crippen molar-refractivity contribution in [3.05, 3.63) is 53.3 Å². The van der Waals surface area contributed by atoms with E-state index in [4.69, 9.17) is 11.1 Å². The zero-order valence-electron chi connectivity index (χ0n) is 11.3. The minimum absolute atomic E-state index is 0.110. The maximum absolute atomic E-state index is 13.8. The van der Waals surface area contributed by atoms with Crippen molar-refractivity contribution in [1.82, 2.24) is 9.97 Å². The standard InChI is InChI=1S/C15H13FN4S/c1-8-5-6-10-11(7-8)20-15(19-10)21-12-4-2-3-9(16)13(12)14(17)18/h2-7H,1H3,(H3,17,18)(H,19,20). The summed E-state index contributed by atoms with van der Waals surface area (Å²) in [4.78, 5) is 8.21. The van der Waals surface area contributed by atoms with E-state index in [0.29, 0.717) is 10.1 Å². The van der Waals surface area contributed by atoms with Crippen LogP contribution in [0.1, 0.15) is 11.1 Å². The molecule has 1 aromatic heterocycles. The van der Waals surface area contributed by atoms with E-state index >= 15 is 0 Å². The zero-order valence-corrected chi connectivity index (χ0v) is 12.1. The summed E-state index contributed by atoms with van der Waals surface area (Å²) < 4.78 is 13.8. The number of aromatic nitrogens is 2. The summed E-state index contributed by atoms with van der Waals surface area (Å²) in [5.41, 5.74) is 8.49. The fourth-order valence-electron chi connectivity index (χ4n) is 2.10. The number of nitrogens with zero attached hydrogens (tertiary/aromatic N) is 1. The highest BCUT2D eigenvalue weighted by Gasteiger charge is 2.14. The highest BCUT2D eigenvalue weighted by molar-refractivity contribution is 7.99. The van der Waals surface area contributed by atoms with E-state index in [1.54, 1.807) is 12.1 Å². The number of rotatable bonds is 3. The Morgan fingerprint density at radius 3 is 2.90 bits per heavy atom. The molecule has 106 valence electrons. The fourth-order valence-corrected chi connectivity index (χ4v) is 3.07. The molecule has 0 aliphatic rings. The van der Waals surface area contributed by atoms with Gasteiger partial charge >= 0.3 is 0 Å². The van der Waals surface area contributed by atoms with E-state index in [9.17, 15) is 4.39 Å². The first kappa shape index (κ1) is 13.6. The summed E-state index contributed by atoms with van der Waals surface area (Å²) in [5.74, 6) is -0.790. The molecule has 6 heteroatoms. The molecule has 0 atom stereocenters. The maximum Gasteiger partial charge on any atom is 0.171 e. The van der Waals surface area contributed by atoms with E-state index in [1.165, 1.54) is 17.8 Å². The van der Waals surface area contributed by atoms with Gasteiger partial charge in [0.15, 0.2) is 5.16 Å². The van der Waals surface area contributed by atoms with Gasteiger partial charge in [-0.1, -0.05) is 23.9 Å². The topological polar surface area (TPSA) is 78.6 Å². The van der Waals surface area contributed by atoms with Crippen LogP contribution in [0.15, 0.2) is 46.5 Å². The first-order valence-electron chi connectivity index (χ1n) is 6.32. The van der Waals surface area contributed by atoms with Gasteiger partial charge in [0.2, 0.25) is 0 Å². The van der Waals surface area contributed by atoms with Crippen molar-refractivity contribution in [2.24, 2.45) is 5.73 Å². The minimum Gasteiger partial charge on any atom is -0.384 e. The van der Waals surface area contributed by atoms with Gasteiger partial charge in [-0.3, -0.25) is 5.41 Å². The van der Waals surface area contributed by atoms with Crippen LogP contribution in [0.3, 0.4) is 0 Å². The van der Waals surface area contributed by atoms with Gasteiger partial charge in [0.1, 0.15) is 11.7 Å². The minimum atomic E-state index is -0.501. The first-order chi connectivity index (χ1) is 10.0. The second-order valence-corrected chi connectivity index (χ2v) is 5.72. The lowest BCUT2D eigenvalue weighted by Crippen LogP contribution is -2.14. The van der Waals surface area contributed by atoms with Crippen LogP contribution in [0.25, 0.3) is 11.0 Å². The van der Waals surface area contributed by atoms with Crippen LogP contribution in [-0.2, 0) is 0 Å². The molecule has 0 saturated heterocycles. The van der Waals surface area contributed by atoms with Crippen molar-refractivity contribution in [3.63, 3.8) is 0 Å². The zero-order chi connectivity index (χ0) is 15.0. The average Bonchev–Trinajstić information content (AvgIpc) is 2.79. The van der Waals surface area contributed by atoms with Crippen molar-refractivity contribution in [3.8, 4) is 0 Å². The Hall–Kier alpha value is -2.34. The van der Waals surface area contributed by atoms with Crippen LogP contribution in [0.5, 0.6) is 0 Å². The lowest BCUT2D eigenvalue weighted by molar-refractivity contribution is 0.621. The van der Waals surface area contributed by atoms with Crippen molar-refractivity contribution in [2.75, 3.05) is 0 Å². The molecule has 21 heavy (non-hydrogen) atoms. The SMILES string of the molecule is Cc1ccc2nc(Sc3cccc(F)c3C(=N)N)[nH]c2c1. The molecule has 0 aliphatic heterocycles. The summed E-state index contributed by atoms with van der Waals surface area (Å²) in [6, 6.07) is 10.5. The summed E-state index contributed by atoms with van der Waals surface area (Å²) in [5, 5.41) is 8.15. The van der Waals surface area contributed by atoms with Crippen LogP contribution in [0, 0.1) is 18.2 Å². The fraction of sp³-hybridized carbons (Fsp3) is 0.0667. The number of nitrogens with one attached hydrogen (secondary N) is 2. The van der Waals surface area contributed by atoms with Crippen LogP contribution >= 0.6 is 11.8 Å². The van der Waals surface area contributed by atoms with Gasteiger partial charge in [-0.15, -0.1) is 0 Å². The van der Waals surface area contributed by atoms with Gasteiger partial charge in [-0.05, 0) is 36.8 Å². The van der Waals surface area contributed by atoms with E-state index in [2.05, 4.69) is 9.97 Å².